The number of aliphatic hydroxyl groups excluding tert-OH is 1. The highest BCUT2D eigenvalue weighted by molar-refractivity contribution is 4.88. The van der Waals surface area contributed by atoms with Crippen LogP contribution in [0.15, 0.2) is 0 Å². The Morgan fingerprint density at radius 3 is 2.76 bits per heavy atom. The lowest BCUT2D eigenvalue weighted by Gasteiger charge is -2.42. The van der Waals surface area contributed by atoms with E-state index in [0.29, 0.717) is 12.1 Å². The Morgan fingerprint density at radius 2 is 2.00 bits per heavy atom. The molecule has 3 heteroatoms. The third kappa shape index (κ3) is 3.67. The second-order valence-electron chi connectivity index (χ2n) is 5.71. The fourth-order valence-corrected chi connectivity index (χ4v) is 3.34. The van der Waals surface area contributed by atoms with Crippen molar-refractivity contribution in [2.45, 2.75) is 70.1 Å². The average molecular weight is 240 g/mol. The van der Waals surface area contributed by atoms with Crippen molar-refractivity contribution in [1.82, 2.24) is 10.2 Å². The van der Waals surface area contributed by atoms with Gasteiger partial charge in [-0.3, -0.25) is 4.90 Å². The number of nitrogens with one attached hydrogen (secondary N) is 1. The third-order valence-electron chi connectivity index (χ3n) is 4.30. The summed E-state index contributed by atoms with van der Waals surface area (Å²) >= 11 is 0. The van der Waals surface area contributed by atoms with Gasteiger partial charge in [0.2, 0.25) is 0 Å². The van der Waals surface area contributed by atoms with Crippen molar-refractivity contribution >= 4 is 0 Å². The summed E-state index contributed by atoms with van der Waals surface area (Å²) in [5.74, 6) is 0. The zero-order valence-corrected chi connectivity index (χ0v) is 11.2. The molecule has 3 atom stereocenters. The summed E-state index contributed by atoms with van der Waals surface area (Å²) < 4.78 is 0. The smallest absolute Gasteiger partial charge is 0.0695 e. The molecular formula is C14H28N2O. The third-order valence-corrected chi connectivity index (χ3v) is 4.30. The molecule has 0 bridgehead atoms. The van der Waals surface area contributed by atoms with E-state index in [4.69, 9.17) is 0 Å². The van der Waals surface area contributed by atoms with Crippen LogP contribution in [0.5, 0.6) is 0 Å². The normalized spacial score (nSPS) is 36.0. The lowest BCUT2D eigenvalue weighted by atomic mass is 9.89. The molecule has 3 unspecified atom stereocenters. The first kappa shape index (κ1) is 13.3. The molecule has 1 aliphatic heterocycles. The minimum Gasteiger partial charge on any atom is -0.391 e. The Hall–Kier alpha value is -0.120. The second kappa shape index (κ2) is 6.72. The van der Waals surface area contributed by atoms with Gasteiger partial charge in [0.1, 0.15) is 0 Å². The van der Waals surface area contributed by atoms with Crippen LogP contribution in [-0.2, 0) is 0 Å². The molecule has 1 saturated heterocycles. The predicted molar refractivity (Wildman–Crippen MR) is 71.2 cm³/mol. The quantitative estimate of drug-likeness (QED) is 0.786. The molecule has 1 saturated carbocycles. The van der Waals surface area contributed by atoms with E-state index in [1.54, 1.807) is 0 Å². The minimum atomic E-state index is -0.0753. The van der Waals surface area contributed by atoms with Crippen molar-refractivity contribution in [2.75, 3.05) is 19.6 Å². The monoisotopic (exact) mass is 240 g/mol. The van der Waals surface area contributed by atoms with E-state index in [9.17, 15) is 5.11 Å². The Balaban J connectivity index is 1.83. The van der Waals surface area contributed by atoms with Crippen molar-refractivity contribution in [3.8, 4) is 0 Å². The van der Waals surface area contributed by atoms with Gasteiger partial charge in [0.15, 0.2) is 0 Å². The highest BCUT2D eigenvalue weighted by Crippen LogP contribution is 2.25. The van der Waals surface area contributed by atoms with Crippen LogP contribution in [-0.4, -0.2) is 47.8 Å². The molecule has 1 aliphatic carbocycles. The van der Waals surface area contributed by atoms with E-state index in [0.717, 1.165) is 19.5 Å². The van der Waals surface area contributed by atoms with Crippen LogP contribution >= 0.6 is 0 Å². The lowest BCUT2D eigenvalue weighted by Crippen LogP contribution is -2.53. The molecule has 2 fully saturated rings. The fraction of sp³-hybridized carbons (Fsp3) is 1.00. The second-order valence-corrected chi connectivity index (χ2v) is 5.71. The van der Waals surface area contributed by atoms with Gasteiger partial charge in [0.25, 0.3) is 0 Å². The van der Waals surface area contributed by atoms with Gasteiger partial charge in [-0.2, -0.15) is 0 Å². The van der Waals surface area contributed by atoms with Gasteiger partial charge in [-0.05, 0) is 45.2 Å². The molecule has 0 aromatic heterocycles. The molecule has 0 radical (unpaired) electrons. The van der Waals surface area contributed by atoms with E-state index in [-0.39, 0.29) is 6.10 Å². The highest BCUT2D eigenvalue weighted by atomic mass is 16.3. The van der Waals surface area contributed by atoms with Crippen LogP contribution in [0.25, 0.3) is 0 Å². The van der Waals surface area contributed by atoms with Crippen LogP contribution in [0.3, 0.4) is 0 Å². The van der Waals surface area contributed by atoms with E-state index >= 15 is 0 Å². The Bertz CT molecular complexity index is 222. The maximum absolute atomic E-state index is 10.1. The van der Waals surface area contributed by atoms with Gasteiger partial charge in [0.05, 0.1) is 6.10 Å². The molecule has 0 spiro atoms. The molecule has 100 valence electrons. The summed E-state index contributed by atoms with van der Waals surface area (Å²) in [6, 6.07) is 1.09. The zero-order chi connectivity index (χ0) is 12.1. The molecule has 0 aromatic carbocycles. The molecule has 3 nitrogen and oxygen atoms in total. The molecule has 2 rings (SSSR count). The molecule has 2 aliphatic rings. The van der Waals surface area contributed by atoms with Gasteiger partial charge in [-0.1, -0.05) is 19.8 Å². The van der Waals surface area contributed by atoms with Crippen molar-refractivity contribution in [3.05, 3.63) is 0 Å². The van der Waals surface area contributed by atoms with Crippen LogP contribution < -0.4 is 5.32 Å². The first-order valence-electron chi connectivity index (χ1n) is 7.46. The van der Waals surface area contributed by atoms with Crippen LogP contribution in [0.4, 0.5) is 0 Å². The zero-order valence-electron chi connectivity index (χ0n) is 11.2. The fourth-order valence-electron chi connectivity index (χ4n) is 3.34. The molecule has 17 heavy (non-hydrogen) atoms. The predicted octanol–water partition coefficient (Wildman–Crippen LogP) is 1.75. The molecule has 2 N–H and O–H groups in total. The molecular weight excluding hydrogens is 212 g/mol. The SMILES string of the molecule is CCCNC1CCCN(C2CCCCC2O)C1. The van der Waals surface area contributed by atoms with Crippen molar-refractivity contribution in [1.29, 1.82) is 0 Å². The Kier molecular flexibility index (Phi) is 5.26. The molecule has 0 amide bonds. The highest BCUT2D eigenvalue weighted by Gasteiger charge is 2.31. The summed E-state index contributed by atoms with van der Waals surface area (Å²) in [6.07, 6.45) is 8.44. The minimum absolute atomic E-state index is 0.0753. The van der Waals surface area contributed by atoms with Gasteiger partial charge in [-0.15, -0.1) is 0 Å². The summed E-state index contributed by atoms with van der Waals surface area (Å²) in [5.41, 5.74) is 0. The average Bonchev–Trinajstić information content (AvgIpc) is 2.37. The first-order valence-corrected chi connectivity index (χ1v) is 7.46. The van der Waals surface area contributed by atoms with E-state index in [1.165, 1.54) is 45.1 Å². The first-order chi connectivity index (χ1) is 8.31. The Morgan fingerprint density at radius 1 is 1.18 bits per heavy atom. The van der Waals surface area contributed by atoms with Gasteiger partial charge < -0.3 is 10.4 Å². The van der Waals surface area contributed by atoms with Gasteiger partial charge >= 0.3 is 0 Å². The number of nitrogens with zero attached hydrogens (tertiary/aromatic N) is 1. The molecule has 0 aromatic rings. The van der Waals surface area contributed by atoms with Gasteiger partial charge in [-0.25, -0.2) is 0 Å². The van der Waals surface area contributed by atoms with Crippen LogP contribution in [0.1, 0.15) is 51.9 Å². The summed E-state index contributed by atoms with van der Waals surface area (Å²) in [4.78, 5) is 2.54. The van der Waals surface area contributed by atoms with Gasteiger partial charge in [0, 0.05) is 18.6 Å². The lowest BCUT2D eigenvalue weighted by molar-refractivity contribution is 0.00513. The number of hydrogen-bond acceptors (Lipinski definition) is 3. The topological polar surface area (TPSA) is 35.5 Å². The van der Waals surface area contributed by atoms with Crippen LogP contribution in [0.2, 0.25) is 0 Å². The van der Waals surface area contributed by atoms with E-state index in [1.807, 2.05) is 0 Å². The Labute approximate surface area is 106 Å². The standard InChI is InChI=1S/C14H28N2O/c1-2-9-15-12-6-5-10-16(11-12)13-7-3-4-8-14(13)17/h12-15,17H,2-11H2,1H3. The largest absolute Gasteiger partial charge is 0.391 e. The number of piperidine rings is 1. The summed E-state index contributed by atoms with van der Waals surface area (Å²) in [5, 5.41) is 13.8. The maximum Gasteiger partial charge on any atom is 0.0695 e. The number of hydrogen-bond donors (Lipinski definition) is 2. The summed E-state index contributed by atoms with van der Waals surface area (Å²) in [6.45, 7) is 5.68. The number of likely N-dealkylation sites (tertiary alicyclic amines) is 1. The van der Waals surface area contributed by atoms with Crippen molar-refractivity contribution < 1.29 is 5.11 Å². The molecule has 1 heterocycles. The number of rotatable bonds is 4. The van der Waals surface area contributed by atoms with Crippen molar-refractivity contribution in [3.63, 3.8) is 0 Å². The van der Waals surface area contributed by atoms with Crippen LogP contribution in [0, 0.1) is 0 Å². The number of aliphatic hydroxyl groups is 1. The van der Waals surface area contributed by atoms with Crippen molar-refractivity contribution in [2.24, 2.45) is 0 Å². The summed E-state index contributed by atoms with van der Waals surface area (Å²) in [7, 11) is 0. The van der Waals surface area contributed by atoms with E-state index < -0.39 is 0 Å². The van der Waals surface area contributed by atoms with E-state index in [2.05, 4.69) is 17.1 Å². The maximum atomic E-state index is 10.1.